The van der Waals surface area contributed by atoms with Crippen molar-refractivity contribution in [1.82, 2.24) is 0 Å². The van der Waals surface area contributed by atoms with Gasteiger partial charge in [-0.1, -0.05) is 0 Å². The summed E-state index contributed by atoms with van der Waals surface area (Å²) >= 11 is 0. The van der Waals surface area contributed by atoms with Gasteiger partial charge in [0.2, 0.25) is 0 Å². The highest BCUT2D eigenvalue weighted by molar-refractivity contribution is 7.90. The molecule has 0 aliphatic heterocycles. The standard InChI is InChI=1S/C10H14FNO3S/c1-7-5-9(11)8(3-4-15-12)6-10(7)16(2,13)14/h5-6H,3-4,12H2,1-2H3. The molecule has 16 heavy (non-hydrogen) atoms. The van der Waals surface area contributed by atoms with Gasteiger partial charge in [0.1, 0.15) is 5.82 Å². The second-order valence-electron chi connectivity index (χ2n) is 3.60. The Morgan fingerprint density at radius 1 is 1.44 bits per heavy atom. The molecule has 0 atom stereocenters. The SMILES string of the molecule is Cc1cc(F)c(CCON)cc1S(C)(=O)=O. The lowest BCUT2D eigenvalue weighted by molar-refractivity contribution is 0.140. The molecule has 0 aliphatic rings. The maximum atomic E-state index is 13.5. The Hall–Kier alpha value is -0.980. The summed E-state index contributed by atoms with van der Waals surface area (Å²) in [4.78, 5) is 4.48. The fourth-order valence-corrected chi connectivity index (χ4v) is 2.46. The van der Waals surface area contributed by atoms with Crippen molar-refractivity contribution >= 4 is 9.84 Å². The quantitative estimate of drug-likeness (QED) is 0.636. The van der Waals surface area contributed by atoms with Crippen LogP contribution in [0.4, 0.5) is 4.39 Å². The van der Waals surface area contributed by atoms with E-state index in [1.807, 2.05) is 0 Å². The maximum Gasteiger partial charge on any atom is 0.175 e. The van der Waals surface area contributed by atoms with Crippen LogP contribution in [0, 0.1) is 12.7 Å². The van der Waals surface area contributed by atoms with Crippen molar-refractivity contribution in [3.8, 4) is 0 Å². The summed E-state index contributed by atoms with van der Waals surface area (Å²) in [5.41, 5.74) is 0.689. The Morgan fingerprint density at radius 3 is 2.56 bits per heavy atom. The molecule has 1 aromatic rings. The molecular weight excluding hydrogens is 233 g/mol. The fraction of sp³-hybridized carbons (Fsp3) is 0.400. The molecular formula is C10H14FNO3S. The third kappa shape index (κ3) is 3.01. The summed E-state index contributed by atoms with van der Waals surface area (Å²) in [5.74, 6) is 4.40. The number of hydrogen-bond donors (Lipinski definition) is 1. The van der Waals surface area contributed by atoms with E-state index in [9.17, 15) is 12.8 Å². The van der Waals surface area contributed by atoms with Gasteiger partial charge in [-0.15, -0.1) is 0 Å². The molecule has 1 rings (SSSR count). The molecule has 0 unspecified atom stereocenters. The molecule has 2 N–H and O–H groups in total. The van der Waals surface area contributed by atoms with Crippen LogP contribution in [0.5, 0.6) is 0 Å². The molecule has 0 saturated heterocycles. The number of benzene rings is 1. The summed E-state index contributed by atoms with van der Waals surface area (Å²) in [6.45, 7) is 1.70. The van der Waals surface area contributed by atoms with Crippen LogP contribution in [0.15, 0.2) is 17.0 Å². The molecule has 0 fully saturated rings. The second kappa shape index (κ2) is 4.90. The molecule has 0 aliphatic carbocycles. The second-order valence-corrected chi connectivity index (χ2v) is 5.59. The van der Waals surface area contributed by atoms with Crippen molar-refractivity contribution in [3.05, 3.63) is 29.1 Å². The monoisotopic (exact) mass is 247 g/mol. The van der Waals surface area contributed by atoms with E-state index in [1.165, 1.54) is 12.1 Å². The molecule has 0 bridgehead atoms. The Kier molecular flexibility index (Phi) is 4.01. The van der Waals surface area contributed by atoms with Crippen LogP contribution >= 0.6 is 0 Å². The topological polar surface area (TPSA) is 69.4 Å². The Labute approximate surface area is 94.1 Å². The van der Waals surface area contributed by atoms with E-state index in [-0.39, 0.29) is 23.5 Å². The summed E-state index contributed by atoms with van der Waals surface area (Å²) in [6, 6.07) is 2.54. The number of halogens is 1. The summed E-state index contributed by atoms with van der Waals surface area (Å²) in [5, 5.41) is 0. The van der Waals surface area contributed by atoms with Crippen LogP contribution in [-0.4, -0.2) is 21.3 Å². The number of rotatable bonds is 4. The van der Waals surface area contributed by atoms with Gasteiger partial charge in [-0.2, -0.15) is 0 Å². The first-order chi connectivity index (χ1) is 7.36. The lowest BCUT2D eigenvalue weighted by Crippen LogP contribution is -2.08. The molecule has 0 heterocycles. The van der Waals surface area contributed by atoms with Crippen molar-refractivity contribution in [2.75, 3.05) is 12.9 Å². The van der Waals surface area contributed by atoms with Gasteiger partial charge in [-0.25, -0.2) is 18.7 Å². The summed E-state index contributed by atoms with van der Waals surface area (Å²) in [7, 11) is -3.34. The van der Waals surface area contributed by atoms with Crippen molar-refractivity contribution < 1.29 is 17.6 Å². The van der Waals surface area contributed by atoms with E-state index in [1.54, 1.807) is 6.92 Å². The Bertz CT molecular complexity index is 485. The third-order valence-electron chi connectivity index (χ3n) is 2.23. The predicted molar refractivity (Wildman–Crippen MR) is 58.1 cm³/mol. The van der Waals surface area contributed by atoms with E-state index in [4.69, 9.17) is 5.90 Å². The normalized spacial score (nSPS) is 11.8. The van der Waals surface area contributed by atoms with E-state index in [0.29, 0.717) is 5.56 Å². The van der Waals surface area contributed by atoms with Gasteiger partial charge < -0.3 is 4.84 Å². The van der Waals surface area contributed by atoms with E-state index in [0.717, 1.165) is 6.26 Å². The molecule has 90 valence electrons. The minimum atomic E-state index is -3.34. The van der Waals surface area contributed by atoms with Gasteiger partial charge >= 0.3 is 0 Å². The van der Waals surface area contributed by atoms with E-state index in [2.05, 4.69) is 4.84 Å². The zero-order chi connectivity index (χ0) is 12.3. The summed E-state index contributed by atoms with van der Waals surface area (Å²) < 4.78 is 36.3. The zero-order valence-electron chi connectivity index (χ0n) is 9.16. The Morgan fingerprint density at radius 2 is 2.06 bits per heavy atom. The smallest absolute Gasteiger partial charge is 0.175 e. The molecule has 0 spiro atoms. The Balaban J connectivity index is 3.22. The van der Waals surface area contributed by atoms with Gasteiger partial charge in [0.15, 0.2) is 9.84 Å². The number of aryl methyl sites for hydroxylation is 1. The van der Waals surface area contributed by atoms with Gasteiger partial charge in [0, 0.05) is 12.7 Å². The average molecular weight is 247 g/mol. The van der Waals surface area contributed by atoms with E-state index < -0.39 is 15.7 Å². The highest BCUT2D eigenvalue weighted by atomic mass is 32.2. The number of sulfone groups is 1. The lowest BCUT2D eigenvalue weighted by Gasteiger charge is -2.08. The number of nitrogens with two attached hydrogens (primary N) is 1. The molecule has 6 heteroatoms. The molecule has 0 saturated carbocycles. The predicted octanol–water partition coefficient (Wildman–Crippen LogP) is 0.970. The minimum Gasteiger partial charge on any atom is -0.304 e. The van der Waals surface area contributed by atoms with Crippen LogP contribution in [0.25, 0.3) is 0 Å². The summed E-state index contributed by atoms with van der Waals surface area (Å²) in [6.07, 6.45) is 1.33. The van der Waals surface area contributed by atoms with E-state index >= 15 is 0 Å². The van der Waals surface area contributed by atoms with Crippen molar-refractivity contribution in [3.63, 3.8) is 0 Å². The molecule has 0 amide bonds. The van der Waals surface area contributed by atoms with Gasteiger partial charge in [0.25, 0.3) is 0 Å². The van der Waals surface area contributed by atoms with Crippen LogP contribution in [0.3, 0.4) is 0 Å². The highest BCUT2D eigenvalue weighted by Crippen LogP contribution is 2.20. The number of hydrogen-bond acceptors (Lipinski definition) is 4. The van der Waals surface area contributed by atoms with Crippen LogP contribution < -0.4 is 5.90 Å². The maximum absolute atomic E-state index is 13.5. The first-order valence-corrected chi connectivity index (χ1v) is 6.56. The van der Waals surface area contributed by atoms with Gasteiger partial charge in [-0.05, 0) is 30.2 Å². The third-order valence-corrected chi connectivity index (χ3v) is 3.47. The first kappa shape index (κ1) is 13.1. The average Bonchev–Trinajstić information content (AvgIpc) is 2.14. The van der Waals surface area contributed by atoms with Gasteiger partial charge in [0.05, 0.1) is 11.5 Å². The van der Waals surface area contributed by atoms with Crippen LogP contribution in [0.2, 0.25) is 0 Å². The van der Waals surface area contributed by atoms with Crippen molar-refractivity contribution in [2.24, 2.45) is 5.90 Å². The minimum absolute atomic E-state index is 0.140. The van der Waals surface area contributed by atoms with Crippen molar-refractivity contribution in [1.29, 1.82) is 0 Å². The lowest BCUT2D eigenvalue weighted by atomic mass is 10.1. The van der Waals surface area contributed by atoms with Gasteiger partial charge in [-0.3, -0.25) is 0 Å². The molecule has 4 nitrogen and oxygen atoms in total. The zero-order valence-corrected chi connectivity index (χ0v) is 9.97. The van der Waals surface area contributed by atoms with Crippen molar-refractivity contribution in [2.45, 2.75) is 18.2 Å². The largest absolute Gasteiger partial charge is 0.304 e. The molecule has 0 radical (unpaired) electrons. The molecule has 0 aromatic heterocycles. The highest BCUT2D eigenvalue weighted by Gasteiger charge is 2.14. The van der Waals surface area contributed by atoms with Crippen LogP contribution in [0.1, 0.15) is 11.1 Å². The molecule has 1 aromatic carbocycles. The first-order valence-electron chi connectivity index (χ1n) is 4.67. The van der Waals surface area contributed by atoms with Crippen LogP contribution in [-0.2, 0) is 21.1 Å². The fourth-order valence-electron chi connectivity index (χ4n) is 1.45.